The maximum atomic E-state index is 14.2. The van der Waals surface area contributed by atoms with E-state index in [-0.39, 0.29) is 34.6 Å². The highest BCUT2D eigenvalue weighted by Crippen LogP contribution is 2.43. The molecule has 1 saturated heterocycles. The van der Waals surface area contributed by atoms with Gasteiger partial charge >= 0.3 is 5.97 Å². The van der Waals surface area contributed by atoms with Crippen molar-refractivity contribution in [2.45, 2.75) is 37.1 Å². The smallest absolute Gasteiger partial charge is 0.338 e. The van der Waals surface area contributed by atoms with E-state index in [1.807, 2.05) is 6.92 Å². The second-order valence-corrected chi connectivity index (χ2v) is 11.3. The normalized spacial score (nSPS) is 19.5. The molecule has 8 nitrogen and oxygen atoms in total. The van der Waals surface area contributed by atoms with Gasteiger partial charge in [0.25, 0.3) is 5.91 Å². The van der Waals surface area contributed by atoms with E-state index in [1.165, 1.54) is 48.3 Å². The second kappa shape index (κ2) is 14.0. The van der Waals surface area contributed by atoms with Crippen LogP contribution in [0.15, 0.2) is 71.9 Å². The van der Waals surface area contributed by atoms with Crippen LogP contribution < -0.4 is 5.32 Å². The summed E-state index contributed by atoms with van der Waals surface area (Å²) in [5.41, 5.74) is 0.120. The Kier molecular flexibility index (Phi) is 10.0. The summed E-state index contributed by atoms with van der Waals surface area (Å²) in [5, 5.41) is 21.5. The van der Waals surface area contributed by atoms with Gasteiger partial charge in [-0.2, -0.15) is 0 Å². The Bertz CT molecular complexity index is 1750. The summed E-state index contributed by atoms with van der Waals surface area (Å²) >= 11 is 1.18. The SMILES string of the molecule is C[C@H]1[C@@H](CSc2ncccc2C(=O)O)O[C@@H](c2cccc(NC(=O)c3c(F)c(F)c(F)c(F)c3F)c2)O[C@H]1c1ccc(CO)cc1. The first-order chi connectivity index (χ1) is 22.0. The number of nitrogens with one attached hydrogen (secondary N) is 1. The minimum absolute atomic E-state index is 0.0251. The van der Waals surface area contributed by atoms with Crippen LogP contribution in [0.5, 0.6) is 0 Å². The van der Waals surface area contributed by atoms with Crippen LogP contribution in [0.3, 0.4) is 0 Å². The van der Waals surface area contributed by atoms with Crippen molar-refractivity contribution in [1.82, 2.24) is 4.98 Å². The number of carboxylic acid groups (broad SMARTS) is 1. The first-order valence-corrected chi connectivity index (χ1v) is 14.7. The fourth-order valence-corrected chi connectivity index (χ4v) is 6.05. The number of aromatic carboxylic acids is 1. The molecule has 1 aliphatic heterocycles. The molecule has 1 aliphatic rings. The Morgan fingerprint density at radius 1 is 0.891 bits per heavy atom. The van der Waals surface area contributed by atoms with Crippen LogP contribution in [-0.4, -0.2) is 38.9 Å². The molecule has 1 amide bonds. The molecular formula is C32H25F5N2O6S. The van der Waals surface area contributed by atoms with Gasteiger partial charge in [0.1, 0.15) is 10.6 Å². The number of halogens is 5. The van der Waals surface area contributed by atoms with Gasteiger partial charge < -0.3 is 25.0 Å². The van der Waals surface area contributed by atoms with E-state index in [9.17, 15) is 41.8 Å². The third kappa shape index (κ3) is 6.75. The molecule has 3 N–H and O–H groups in total. The van der Waals surface area contributed by atoms with Crippen molar-refractivity contribution in [2.75, 3.05) is 11.1 Å². The molecule has 3 aromatic carbocycles. The number of carboxylic acids is 1. The molecule has 0 aliphatic carbocycles. The minimum atomic E-state index is -2.38. The van der Waals surface area contributed by atoms with Gasteiger partial charge in [-0.15, -0.1) is 11.8 Å². The van der Waals surface area contributed by atoms with Gasteiger partial charge in [0.15, 0.2) is 29.6 Å². The summed E-state index contributed by atoms with van der Waals surface area (Å²) in [4.78, 5) is 28.5. The lowest BCUT2D eigenvalue weighted by molar-refractivity contribution is -0.268. The number of pyridine rings is 1. The number of carbonyl (C=O) groups excluding carboxylic acids is 1. The van der Waals surface area contributed by atoms with Crippen LogP contribution in [-0.2, 0) is 16.1 Å². The van der Waals surface area contributed by atoms with Gasteiger partial charge in [-0.05, 0) is 35.4 Å². The largest absolute Gasteiger partial charge is 0.478 e. The molecule has 0 bridgehead atoms. The number of thioether (sulfide) groups is 1. The van der Waals surface area contributed by atoms with Crippen molar-refractivity contribution in [3.63, 3.8) is 0 Å². The molecule has 1 aromatic heterocycles. The zero-order valence-corrected chi connectivity index (χ0v) is 24.7. The number of nitrogens with zero attached hydrogens (tertiary/aromatic N) is 1. The van der Waals surface area contributed by atoms with Crippen LogP contribution in [0, 0.1) is 35.0 Å². The number of rotatable bonds is 9. The lowest BCUT2D eigenvalue weighted by Gasteiger charge is -2.41. The molecular weight excluding hydrogens is 635 g/mol. The van der Waals surface area contributed by atoms with E-state index in [0.717, 1.165) is 5.56 Å². The molecule has 0 saturated carbocycles. The Morgan fingerprint density at radius 2 is 1.57 bits per heavy atom. The fraction of sp³-hybridized carbons (Fsp3) is 0.219. The summed E-state index contributed by atoms with van der Waals surface area (Å²) < 4.78 is 82.0. The number of amides is 1. The van der Waals surface area contributed by atoms with Crippen LogP contribution in [0.25, 0.3) is 0 Å². The quantitative estimate of drug-likeness (QED) is 0.0777. The highest BCUT2D eigenvalue weighted by Gasteiger charge is 2.39. The summed E-state index contributed by atoms with van der Waals surface area (Å²) in [7, 11) is 0. The van der Waals surface area contributed by atoms with E-state index < -0.39 is 65.0 Å². The van der Waals surface area contributed by atoms with Crippen molar-refractivity contribution in [2.24, 2.45) is 5.92 Å². The van der Waals surface area contributed by atoms with E-state index in [1.54, 1.807) is 30.3 Å². The van der Waals surface area contributed by atoms with E-state index in [2.05, 4.69) is 10.3 Å². The maximum absolute atomic E-state index is 14.2. The Labute approximate surface area is 263 Å². The van der Waals surface area contributed by atoms with Gasteiger partial charge in [-0.1, -0.05) is 43.3 Å². The first-order valence-electron chi connectivity index (χ1n) is 13.7. The van der Waals surface area contributed by atoms with Crippen molar-refractivity contribution < 1.29 is 51.2 Å². The van der Waals surface area contributed by atoms with Gasteiger partial charge in [-0.3, -0.25) is 4.79 Å². The summed E-state index contributed by atoms with van der Waals surface area (Å²) in [6.45, 7) is 1.73. The molecule has 0 radical (unpaired) electrons. The fourth-order valence-electron chi connectivity index (χ4n) is 4.90. The number of aromatic nitrogens is 1. The van der Waals surface area contributed by atoms with Crippen LogP contribution in [0.2, 0.25) is 0 Å². The highest BCUT2D eigenvalue weighted by atomic mass is 32.2. The molecule has 1 fully saturated rings. The average Bonchev–Trinajstić information content (AvgIpc) is 3.06. The van der Waals surface area contributed by atoms with Crippen LogP contribution in [0.4, 0.5) is 27.6 Å². The topological polar surface area (TPSA) is 118 Å². The third-order valence-corrected chi connectivity index (χ3v) is 8.46. The lowest BCUT2D eigenvalue weighted by Crippen LogP contribution is -2.38. The molecule has 5 rings (SSSR count). The monoisotopic (exact) mass is 660 g/mol. The molecule has 4 aromatic rings. The van der Waals surface area contributed by atoms with Crippen LogP contribution in [0.1, 0.15) is 56.7 Å². The minimum Gasteiger partial charge on any atom is -0.478 e. The Hall–Kier alpha value is -4.37. The number of carbonyl (C=O) groups is 2. The second-order valence-electron chi connectivity index (χ2n) is 10.3. The van der Waals surface area contributed by atoms with Crippen molar-refractivity contribution in [1.29, 1.82) is 0 Å². The number of benzene rings is 3. The predicted molar refractivity (Wildman–Crippen MR) is 156 cm³/mol. The molecule has 0 spiro atoms. The number of anilines is 1. The first kappa shape index (κ1) is 33.0. The van der Waals surface area contributed by atoms with Gasteiger partial charge in [0.05, 0.1) is 24.4 Å². The third-order valence-electron chi connectivity index (χ3n) is 7.36. The summed E-state index contributed by atoms with van der Waals surface area (Å²) in [5.74, 6) is -14.1. The molecule has 0 unspecified atom stereocenters. The zero-order chi connectivity index (χ0) is 33.1. The number of aliphatic hydroxyl groups excluding tert-OH is 1. The van der Waals surface area contributed by atoms with Gasteiger partial charge in [0.2, 0.25) is 5.82 Å². The molecule has 4 atom stereocenters. The van der Waals surface area contributed by atoms with E-state index in [4.69, 9.17) is 9.47 Å². The molecule has 2 heterocycles. The van der Waals surface area contributed by atoms with Crippen molar-refractivity contribution in [3.05, 3.63) is 124 Å². The molecule has 240 valence electrons. The summed E-state index contributed by atoms with van der Waals surface area (Å²) in [6.07, 6.45) is -0.699. The standard InChI is InChI=1S/C32H25F5N2O6S/c1-15-21(14-46-30-20(31(42)43)6-3-11-38-30)44-32(45-28(15)17-9-7-16(13-40)8-10-17)18-4-2-5-19(12-18)39-29(41)22-23(33)25(35)27(37)26(36)24(22)34/h2-12,15,21,28,32,40H,13-14H2,1H3,(H,39,41)(H,42,43)/t15-,21+,28+,32+/m0/s1. The Balaban J connectivity index is 1.43. The zero-order valence-electron chi connectivity index (χ0n) is 23.8. The molecule has 14 heteroatoms. The Morgan fingerprint density at radius 3 is 2.22 bits per heavy atom. The number of ether oxygens (including phenoxy) is 2. The number of aliphatic hydroxyl groups is 1. The van der Waals surface area contributed by atoms with E-state index >= 15 is 0 Å². The summed E-state index contributed by atoms with van der Waals surface area (Å²) in [6, 6.07) is 15.8. The maximum Gasteiger partial charge on any atom is 0.338 e. The van der Waals surface area contributed by atoms with E-state index in [0.29, 0.717) is 11.1 Å². The highest BCUT2D eigenvalue weighted by molar-refractivity contribution is 7.99. The van der Waals surface area contributed by atoms with Crippen LogP contribution >= 0.6 is 11.8 Å². The van der Waals surface area contributed by atoms with Gasteiger partial charge in [-0.25, -0.2) is 31.7 Å². The lowest BCUT2D eigenvalue weighted by atomic mass is 9.91. The average molecular weight is 661 g/mol. The van der Waals surface area contributed by atoms with Crippen molar-refractivity contribution in [3.8, 4) is 0 Å². The number of hydrogen-bond acceptors (Lipinski definition) is 7. The van der Waals surface area contributed by atoms with Gasteiger partial charge in [0, 0.05) is 29.1 Å². The number of hydrogen-bond donors (Lipinski definition) is 3. The molecule has 46 heavy (non-hydrogen) atoms. The predicted octanol–water partition coefficient (Wildman–Crippen LogP) is 6.80. The van der Waals surface area contributed by atoms with Crippen molar-refractivity contribution >= 4 is 29.3 Å².